The fourth-order valence-electron chi connectivity index (χ4n) is 4.39. The monoisotopic (exact) mass is 490 g/mol. The molecule has 1 saturated carbocycles. The third kappa shape index (κ3) is 5.60. The molecule has 2 N–H and O–H groups in total. The molecule has 3 aromatic carbocycles. The molecule has 180 valence electrons. The summed E-state index contributed by atoms with van der Waals surface area (Å²) < 4.78 is 11.4. The lowest BCUT2D eigenvalue weighted by Crippen LogP contribution is -2.36. The maximum Gasteiger partial charge on any atom is 0.253 e. The Morgan fingerprint density at radius 3 is 2.31 bits per heavy atom. The van der Waals surface area contributed by atoms with Crippen molar-refractivity contribution in [2.45, 2.75) is 31.3 Å². The second-order valence-corrected chi connectivity index (χ2v) is 9.31. The highest BCUT2D eigenvalue weighted by Crippen LogP contribution is 2.43. The van der Waals surface area contributed by atoms with E-state index in [4.69, 9.17) is 21.1 Å². The van der Waals surface area contributed by atoms with E-state index in [1.807, 2.05) is 48.5 Å². The number of amides is 2. The maximum atomic E-state index is 13.3. The Balaban J connectivity index is 1.33. The first-order valence-electron chi connectivity index (χ1n) is 11.9. The van der Waals surface area contributed by atoms with Crippen LogP contribution in [-0.4, -0.2) is 25.0 Å². The molecule has 5 rings (SSSR count). The molecule has 0 spiro atoms. The Labute approximate surface area is 209 Å². The van der Waals surface area contributed by atoms with Crippen LogP contribution in [0.2, 0.25) is 5.02 Å². The third-order valence-corrected chi connectivity index (χ3v) is 6.68. The molecule has 1 heterocycles. The molecule has 0 saturated heterocycles. The Hall–Kier alpha value is -3.51. The molecule has 1 aliphatic heterocycles. The Kier molecular flexibility index (Phi) is 6.91. The van der Waals surface area contributed by atoms with Crippen molar-refractivity contribution in [2.24, 2.45) is 5.92 Å². The lowest BCUT2D eigenvalue weighted by atomic mass is 9.99. The number of halogens is 1. The van der Waals surface area contributed by atoms with Crippen LogP contribution in [0.25, 0.3) is 0 Å². The van der Waals surface area contributed by atoms with Crippen LogP contribution in [0.15, 0.2) is 72.8 Å². The van der Waals surface area contributed by atoms with E-state index < -0.39 is 6.04 Å². The number of nitrogens with one attached hydrogen (secondary N) is 2. The second-order valence-electron chi connectivity index (χ2n) is 8.91. The molecule has 7 heteroatoms. The molecule has 3 aromatic rings. The summed E-state index contributed by atoms with van der Waals surface area (Å²) in [5.74, 6) is 1.37. The molecule has 35 heavy (non-hydrogen) atoms. The number of carbonyl (C=O) groups is 2. The largest absolute Gasteiger partial charge is 0.486 e. The van der Waals surface area contributed by atoms with Gasteiger partial charge in [0.2, 0.25) is 5.91 Å². The summed E-state index contributed by atoms with van der Waals surface area (Å²) in [5.41, 5.74) is 2.23. The van der Waals surface area contributed by atoms with E-state index >= 15 is 0 Å². The van der Waals surface area contributed by atoms with Crippen LogP contribution in [0.1, 0.15) is 52.8 Å². The van der Waals surface area contributed by atoms with Crippen LogP contribution in [0.5, 0.6) is 11.5 Å². The van der Waals surface area contributed by atoms with E-state index in [-0.39, 0.29) is 24.3 Å². The topological polar surface area (TPSA) is 76.7 Å². The zero-order chi connectivity index (χ0) is 24.2. The lowest BCUT2D eigenvalue weighted by molar-refractivity contribution is -0.122. The van der Waals surface area contributed by atoms with Gasteiger partial charge in [0.1, 0.15) is 13.2 Å². The predicted octanol–water partition coefficient (Wildman–Crippen LogP) is 5.24. The lowest BCUT2D eigenvalue weighted by Gasteiger charge is -2.24. The van der Waals surface area contributed by atoms with E-state index in [1.165, 1.54) is 0 Å². The Morgan fingerprint density at radius 1 is 0.857 bits per heavy atom. The van der Waals surface area contributed by atoms with Crippen molar-refractivity contribution in [3.63, 3.8) is 0 Å². The molecule has 2 unspecified atom stereocenters. The van der Waals surface area contributed by atoms with Gasteiger partial charge in [0.15, 0.2) is 11.5 Å². The zero-order valence-corrected chi connectivity index (χ0v) is 20.0. The van der Waals surface area contributed by atoms with Gasteiger partial charge in [-0.05, 0) is 54.2 Å². The standard InChI is InChI=1S/C28H27ClN2O4/c29-22-9-5-4-8-21(22)28(33)30-23(18-6-2-1-3-7-18)17-26(32)31-27(19-10-11-19)20-12-13-24-25(16-20)35-15-14-34-24/h1-9,12-13,16,19,23,27H,10-11,14-15,17H2,(H,30,33)(H,31,32). The first-order valence-corrected chi connectivity index (χ1v) is 12.3. The molecular formula is C28H27ClN2O4. The summed E-state index contributed by atoms with van der Waals surface area (Å²) in [6.07, 6.45) is 2.23. The van der Waals surface area contributed by atoms with Gasteiger partial charge in [-0.15, -0.1) is 0 Å². The van der Waals surface area contributed by atoms with Crippen LogP contribution in [0.4, 0.5) is 0 Å². The highest BCUT2D eigenvalue weighted by Gasteiger charge is 2.34. The number of ether oxygens (including phenoxy) is 2. The fourth-order valence-corrected chi connectivity index (χ4v) is 4.61. The molecular weight excluding hydrogens is 464 g/mol. The van der Waals surface area contributed by atoms with Gasteiger partial charge in [-0.25, -0.2) is 0 Å². The molecule has 1 aliphatic carbocycles. The number of fused-ring (bicyclic) bond motifs is 1. The van der Waals surface area contributed by atoms with Crippen molar-refractivity contribution in [2.75, 3.05) is 13.2 Å². The molecule has 1 fully saturated rings. The molecule has 2 atom stereocenters. The summed E-state index contributed by atoms with van der Waals surface area (Å²) in [6.45, 7) is 1.05. The highest BCUT2D eigenvalue weighted by molar-refractivity contribution is 6.33. The van der Waals surface area contributed by atoms with Gasteiger partial charge in [-0.3, -0.25) is 9.59 Å². The summed E-state index contributed by atoms with van der Waals surface area (Å²) in [4.78, 5) is 26.2. The first kappa shape index (κ1) is 23.2. The van der Waals surface area contributed by atoms with Crippen LogP contribution < -0.4 is 20.1 Å². The SMILES string of the molecule is O=C(CC(NC(=O)c1ccccc1Cl)c1ccccc1)NC(c1ccc2c(c1)OCCO2)C1CC1. The number of rotatable bonds is 8. The van der Waals surface area contributed by atoms with Gasteiger partial charge in [0.25, 0.3) is 5.91 Å². The molecule has 2 aliphatic rings. The minimum Gasteiger partial charge on any atom is -0.486 e. The van der Waals surface area contributed by atoms with Gasteiger partial charge in [-0.1, -0.05) is 60.1 Å². The van der Waals surface area contributed by atoms with Crippen molar-refractivity contribution < 1.29 is 19.1 Å². The number of carbonyl (C=O) groups excluding carboxylic acids is 2. The average molecular weight is 491 g/mol. The minimum absolute atomic E-state index is 0.105. The van der Waals surface area contributed by atoms with Gasteiger partial charge in [0.05, 0.1) is 29.1 Å². The molecule has 0 bridgehead atoms. The summed E-state index contributed by atoms with van der Waals surface area (Å²) >= 11 is 6.22. The van der Waals surface area contributed by atoms with Gasteiger partial charge < -0.3 is 20.1 Å². The van der Waals surface area contributed by atoms with Crippen LogP contribution in [0, 0.1) is 5.92 Å². The summed E-state index contributed by atoms with van der Waals surface area (Å²) in [5, 5.41) is 6.58. The quantitative estimate of drug-likeness (QED) is 0.452. The summed E-state index contributed by atoms with van der Waals surface area (Å²) in [7, 11) is 0. The Morgan fingerprint density at radius 2 is 1.57 bits per heavy atom. The predicted molar refractivity (Wildman–Crippen MR) is 134 cm³/mol. The average Bonchev–Trinajstić information content (AvgIpc) is 3.73. The normalized spacial score (nSPS) is 16.1. The fraction of sp³-hybridized carbons (Fsp3) is 0.286. The van der Waals surface area contributed by atoms with E-state index in [0.29, 0.717) is 35.5 Å². The summed E-state index contributed by atoms with van der Waals surface area (Å²) in [6, 6.07) is 21.6. The smallest absolute Gasteiger partial charge is 0.253 e. The minimum atomic E-state index is -0.500. The van der Waals surface area contributed by atoms with Gasteiger partial charge in [0, 0.05) is 0 Å². The van der Waals surface area contributed by atoms with Gasteiger partial charge >= 0.3 is 0 Å². The maximum absolute atomic E-state index is 13.3. The number of hydrogen-bond donors (Lipinski definition) is 2. The van der Waals surface area contributed by atoms with Crippen molar-refractivity contribution in [1.29, 1.82) is 0 Å². The molecule has 0 aromatic heterocycles. The first-order chi connectivity index (χ1) is 17.1. The van der Waals surface area contributed by atoms with E-state index in [0.717, 1.165) is 29.7 Å². The van der Waals surface area contributed by atoms with Crippen LogP contribution in [-0.2, 0) is 4.79 Å². The van der Waals surface area contributed by atoms with Crippen molar-refractivity contribution in [3.05, 3.63) is 94.5 Å². The van der Waals surface area contributed by atoms with Crippen LogP contribution >= 0.6 is 11.6 Å². The Bertz CT molecular complexity index is 1210. The molecule has 6 nitrogen and oxygen atoms in total. The van der Waals surface area contributed by atoms with E-state index in [9.17, 15) is 9.59 Å². The molecule has 0 radical (unpaired) electrons. The van der Waals surface area contributed by atoms with Gasteiger partial charge in [-0.2, -0.15) is 0 Å². The number of benzene rings is 3. The molecule has 2 amide bonds. The van der Waals surface area contributed by atoms with Crippen molar-refractivity contribution in [3.8, 4) is 11.5 Å². The second kappa shape index (κ2) is 10.4. The third-order valence-electron chi connectivity index (χ3n) is 6.35. The van der Waals surface area contributed by atoms with Crippen LogP contribution in [0.3, 0.4) is 0 Å². The van der Waals surface area contributed by atoms with E-state index in [1.54, 1.807) is 24.3 Å². The number of hydrogen-bond acceptors (Lipinski definition) is 4. The van der Waals surface area contributed by atoms with Crippen molar-refractivity contribution >= 4 is 23.4 Å². The van der Waals surface area contributed by atoms with E-state index in [2.05, 4.69) is 10.6 Å². The zero-order valence-electron chi connectivity index (χ0n) is 19.2. The van der Waals surface area contributed by atoms with Crippen molar-refractivity contribution in [1.82, 2.24) is 10.6 Å². The highest BCUT2D eigenvalue weighted by atomic mass is 35.5.